The Bertz CT molecular complexity index is 984. The molecular formula is C25H36ClFN6O4. The number of Topliss-reactive ketones (excluding diaryl/α,β-unsaturated/α-hetero) is 2. The third-order valence-corrected chi connectivity index (χ3v) is 6.52. The third kappa shape index (κ3) is 9.31. The molecular weight excluding hydrogens is 503 g/mol. The molecule has 0 aromatic heterocycles. The second kappa shape index (κ2) is 14.5. The number of amides is 3. The minimum Gasteiger partial charge on any atom is -0.370 e. The Morgan fingerprint density at radius 3 is 2.46 bits per heavy atom. The molecule has 37 heavy (non-hydrogen) atoms. The van der Waals surface area contributed by atoms with Crippen LogP contribution in [-0.4, -0.2) is 66.2 Å². The summed E-state index contributed by atoms with van der Waals surface area (Å²) in [6.45, 7) is 3.04. The topological polar surface area (TPSA) is 160 Å². The summed E-state index contributed by atoms with van der Waals surface area (Å²) >= 11 is 5.87. The molecule has 0 bridgehead atoms. The lowest BCUT2D eigenvalue weighted by Gasteiger charge is -2.31. The van der Waals surface area contributed by atoms with E-state index in [-0.39, 0.29) is 43.0 Å². The molecule has 1 aromatic carbocycles. The van der Waals surface area contributed by atoms with Crippen LogP contribution in [0, 0.1) is 11.8 Å². The van der Waals surface area contributed by atoms with Crippen LogP contribution in [0.5, 0.6) is 0 Å². The molecule has 0 unspecified atom stereocenters. The molecule has 6 N–H and O–H groups in total. The van der Waals surface area contributed by atoms with Crippen molar-refractivity contribution in [2.45, 2.75) is 58.0 Å². The number of halogens is 2. The Hall–Kier alpha value is -3.21. The van der Waals surface area contributed by atoms with Gasteiger partial charge in [-0.1, -0.05) is 25.4 Å². The zero-order valence-electron chi connectivity index (χ0n) is 21.2. The van der Waals surface area contributed by atoms with Crippen molar-refractivity contribution in [2.75, 3.05) is 25.1 Å². The summed E-state index contributed by atoms with van der Waals surface area (Å²) in [6.07, 6.45) is 1.55. The molecule has 0 spiro atoms. The van der Waals surface area contributed by atoms with Gasteiger partial charge in [-0.15, -0.1) is 0 Å². The number of nitrogens with one attached hydrogen (secondary N) is 2. The van der Waals surface area contributed by atoms with Gasteiger partial charge in [0.2, 0.25) is 5.91 Å². The van der Waals surface area contributed by atoms with Crippen LogP contribution in [-0.2, 0) is 14.4 Å². The molecule has 0 aliphatic carbocycles. The Kier molecular flexibility index (Phi) is 11.8. The fourth-order valence-electron chi connectivity index (χ4n) is 4.31. The summed E-state index contributed by atoms with van der Waals surface area (Å²) in [7, 11) is 0. The smallest absolute Gasteiger partial charge is 0.319 e. The fraction of sp³-hybridized carbons (Fsp3) is 0.560. The Morgan fingerprint density at radius 2 is 1.86 bits per heavy atom. The van der Waals surface area contributed by atoms with E-state index in [1.807, 2.05) is 0 Å². The lowest BCUT2D eigenvalue weighted by atomic mass is 9.90. The first kappa shape index (κ1) is 30.0. The van der Waals surface area contributed by atoms with Gasteiger partial charge >= 0.3 is 6.03 Å². The quantitative estimate of drug-likeness (QED) is 0.171. The van der Waals surface area contributed by atoms with Crippen LogP contribution in [0.3, 0.4) is 0 Å². The van der Waals surface area contributed by atoms with Crippen LogP contribution in [0.15, 0.2) is 29.3 Å². The second-order valence-corrected chi connectivity index (χ2v) is 9.87. The lowest BCUT2D eigenvalue weighted by Crippen LogP contribution is -2.54. The van der Waals surface area contributed by atoms with Gasteiger partial charge in [0.25, 0.3) is 0 Å². The number of nitrogens with two attached hydrogens (primary N) is 2. The average Bonchev–Trinajstić information content (AvgIpc) is 3.34. The zero-order valence-corrected chi connectivity index (χ0v) is 22.0. The lowest BCUT2D eigenvalue weighted by molar-refractivity contribution is -0.140. The number of hydrogen-bond acceptors (Lipinski definition) is 5. The number of hydrogen-bond donors (Lipinski definition) is 4. The molecule has 1 fully saturated rings. The number of rotatable bonds is 13. The van der Waals surface area contributed by atoms with Gasteiger partial charge in [0.05, 0.1) is 6.04 Å². The fourth-order valence-corrected chi connectivity index (χ4v) is 4.44. The number of urea groups is 1. The molecule has 10 nitrogen and oxygen atoms in total. The number of benzene rings is 1. The number of ketones is 2. The highest BCUT2D eigenvalue weighted by Crippen LogP contribution is 2.25. The molecule has 1 saturated heterocycles. The van der Waals surface area contributed by atoms with Gasteiger partial charge in [0.1, 0.15) is 12.7 Å². The molecule has 1 aromatic rings. The van der Waals surface area contributed by atoms with Gasteiger partial charge in [0, 0.05) is 36.1 Å². The van der Waals surface area contributed by atoms with Crippen LogP contribution in [0.4, 0.5) is 14.9 Å². The molecule has 12 heteroatoms. The number of alkyl halides is 1. The predicted octanol–water partition coefficient (Wildman–Crippen LogP) is 2.64. The number of anilines is 1. The van der Waals surface area contributed by atoms with E-state index < -0.39 is 36.5 Å². The minimum atomic E-state index is -1.17. The summed E-state index contributed by atoms with van der Waals surface area (Å²) in [6, 6.07) is 4.36. The highest BCUT2D eigenvalue weighted by atomic mass is 35.5. The number of nitrogens with zero attached hydrogens (tertiary/aromatic N) is 2. The van der Waals surface area contributed by atoms with Crippen LogP contribution < -0.4 is 22.1 Å². The molecule has 1 heterocycles. The van der Waals surface area contributed by atoms with Gasteiger partial charge in [-0.25, -0.2) is 9.18 Å². The van der Waals surface area contributed by atoms with Crippen molar-refractivity contribution in [3.8, 4) is 0 Å². The van der Waals surface area contributed by atoms with Crippen molar-refractivity contribution < 1.29 is 23.6 Å². The molecule has 0 radical (unpaired) electrons. The SMILES string of the molecule is CC(C)[C@H](NC(=O)Nc1ccc(Cl)cc1)C(=O)N1CCC[C@H]1C(=O)C[C@@H](CCCN=C(N)N)C(=O)CF. The third-order valence-electron chi connectivity index (χ3n) is 6.27. The number of carbonyl (C=O) groups excluding carboxylic acids is 4. The molecule has 1 aliphatic heterocycles. The first-order chi connectivity index (χ1) is 17.5. The van der Waals surface area contributed by atoms with Crippen molar-refractivity contribution >= 4 is 46.8 Å². The van der Waals surface area contributed by atoms with Crippen molar-refractivity contribution in [2.24, 2.45) is 28.3 Å². The van der Waals surface area contributed by atoms with Gasteiger partial charge in [-0.2, -0.15) is 0 Å². The number of carbonyl (C=O) groups is 4. The van der Waals surface area contributed by atoms with E-state index in [1.165, 1.54) is 4.90 Å². The Labute approximate surface area is 221 Å². The summed E-state index contributed by atoms with van der Waals surface area (Å²) < 4.78 is 13.2. The Morgan fingerprint density at radius 1 is 1.19 bits per heavy atom. The minimum absolute atomic E-state index is 0.0836. The van der Waals surface area contributed by atoms with Crippen LogP contribution in [0.1, 0.15) is 46.0 Å². The van der Waals surface area contributed by atoms with Crippen LogP contribution >= 0.6 is 11.6 Å². The standard InChI is InChI=1S/C25H36ClFN6O4/c1-15(2)22(32-25(37)31-18-9-7-17(26)8-10-18)23(36)33-12-4-6-19(33)20(34)13-16(21(35)14-27)5-3-11-30-24(28)29/h7-10,15-16,19,22H,3-6,11-14H2,1-2H3,(H4,28,29,30)(H2,31,32,37)/t16-,19+,22+/m1/s1. The first-order valence-electron chi connectivity index (χ1n) is 12.3. The molecule has 2 rings (SSSR count). The number of likely N-dealkylation sites (tertiary alicyclic amines) is 1. The monoisotopic (exact) mass is 538 g/mol. The van der Waals surface area contributed by atoms with Crippen molar-refractivity contribution in [3.63, 3.8) is 0 Å². The molecule has 3 atom stereocenters. The maximum atomic E-state index is 13.4. The maximum Gasteiger partial charge on any atom is 0.319 e. The van der Waals surface area contributed by atoms with E-state index in [0.29, 0.717) is 36.5 Å². The van der Waals surface area contributed by atoms with Crippen molar-refractivity contribution in [1.82, 2.24) is 10.2 Å². The Balaban J connectivity index is 2.05. The average molecular weight is 539 g/mol. The highest BCUT2D eigenvalue weighted by Gasteiger charge is 2.39. The molecule has 204 valence electrons. The summed E-state index contributed by atoms with van der Waals surface area (Å²) in [4.78, 5) is 56.6. The van der Waals surface area contributed by atoms with E-state index in [1.54, 1.807) is 38.1 Å². The van der Waals surface area contributed by atoms with Gasteiger partial charge < -0.3 is 27.0 Å². The summed E-state index contributed by atoms with van der Waals surface area (Å²) in [5, 5.41) is 5.89. The molecule has 3 amide bonds. The second-order valence-electron chi connectivity index (χ2n) is 9.43. The first-order valence-corrected chi connectivity index (χ1v) is 12.7. The summed E-state index contributed by atoms with van der Waals surface area (Å²) in [5.41, 5.74) is 11.1. The van der Waals surface area contributed by atoms with Gasteiger partial charge in [-0.3, -0.25) is 19.4 Å². The number of aliphatic imine (C=N–C) groups is 1. The highest BCUT2D eigenvalue weighted by molar-refractivity contribution is 6.30. The zero-order chi connectivity index (χ0) is 27.5. The van der Waals surface area contributed by atoms with Crippen LogP contribution in [0.2, 0.25) is 5.02 Å². The van der Waals surface area contributed by atoms with Gasteiger partial charge in [-0.05, 0) is 55.9 Å². The predicted molar refractivity (Wildman–Crippen MR) is 141 cm³/mol. The largest absolute Gasteiger partial charge is 0.370 e. The number of guanidine groups is 1. The van der Waals surface area contributed by atoms with Gasteiger partial charge in [0.15, 0.2) is 17.5 Å². The van der Waals surface area contributed by atoms with E-state index in [2.05, 4.69) is 15.6 Å². The van der Waals surface area contributed by atoms with Crippen molar-refractivity contribution in [3.05, 3.63) is 29.3 Å². The molecule has 0 saturated carbocycles. The maximum absolute atomic E-state index is 13.4. The van der Waals surface area contributed by atoms with E-state index in [0.717, 1.165) is 0 Å². The van der Waals surface area contributed by atoms with E-state index in [4.69, 9.17) is 23.1 Å². The van der Waals surface area contributed by atoms with Crippen LogP contribution in [0.25, 0.3) is 0 Å². The van der Waals surface area contributed by atoms with Crippen molar-refractivity contribution in [1.29, 1.82) is 0 Å². The van der Waals surface area contributed by atoms with E-state index >= 15 is 0 Å². The van der Waals surface area contributed by atoms with E-state index in [9.17, 15) is 23.6 Å². The normalized spacial score (nSPS) is 16.7. The summed E-state index contributed by atoms with van der Waals surface area (Å²) in [5.74, 6) is -2.48. The molecule has 1 aliphatic rings.